The largest absolute Gasteiger partial charge is 0.388 e. The number of aryl methyl sites for hydroxylation is 1. The number of carbonyl (C=O) groups is 1. The van der Waals surface area contributed by atoms with Gasteiger partial charge in [0.1, 0.15) is 0 Å². The number of carbonyl (C=O) groups excluding carboxylic acids is 1. The average Bonchev–Trinajstić information content (AvgIpc) is 2.97. The Morgan fingerprint density at radius 2 is 2.10 bits per heavy atom. The van der Waals surface area contributed by atoms with Gasteiger partial charge in [0.2, 0.25) is 0 Å². The number of nitrogens with one attached hydrogen (secondary N) is 1. The zero-order valence-electron chi connectivity index (χ0n) is 13.6. The van der Waals surface area contributed by atoms with E-state index in [0.717, 1.165) is 49.4 Å². The predicted octanol–water partition coefficient (Wildman–Crippen LogP) is 2.59. The summed E-state index contributed by atoms with van der Waals surface area (Å²) in [4.78, 5) is 17.2. The van der Waals surface area contributed by atoms with Gasteiger partial charge in [-0.1, -0.05) is 13.8 Å². The van der Waals surface area contributed by atoms with Crippen LogP contribution in [0.5, 0.6) is 0 Å². The molecule has 4 heteroatoms. The molecule has 1 aliphatic rings. The molecule has 21 heavy (non-hydrogen) atoms. The second-order valence-electron chi connectivity index (χ2n) is 5.69. The summed E-state index contributed by atoms with van der Waals surface area (Å²) in [6.07, 6.45) is 1.08. The molecule has 1 atom stereocenters. The third-order valence-electron chi connectivity index (χ3n) is 4.52. The van der Waals surface area contributed by atoms with Crippen LogP contribution in [0.15, 0.2) is 18.2 Å². The first-order valence-electron chi connectivity index (χ1n) is 7.92. The van der Waals surface area contributed by atoms with Gasteiger partial charge in [0.25, 0.3) is 5.91 Å². The summed E-state index contributed by atoms with van der Waals surface area (Å²) >= 11 is 0. The summed E-state index contributed by atoms with van der Waals surface area (Å²) in [5.74, 6) is 0.171. The van der Waals surface area contributed by atoms with Gasteiger partial charge in [-0.05, 0) is 50.2 Å². The number of rotatable bonds is 5. The van der Waals surface area contributed by atoms with Gasteiger partial charge in [0, 0.05) is 37.4 Å². The normalized spacial score (nSPS) is 18.3. The number of hydrogen-bond acceptors (Lipinski definition) is 3. The molecule has 1 aromatic rings. The van der Waals surface area contributed by atoms with Gasteiger partial charge in [-0.2, -0.15) is 0 Å². The second kappa shape index (κ2) is 6.94. The number of likely N-dealkylation sites (N-methyl/N-ethyl adjacent to an activating group) is 1. The first kappa shape index (κ1) is 15.8. The third kappa shape index (κ3) is 3.38. The van der Waals surface area contributed by atoms with Crippen LogP contribution >= 0.6 is 0 Å². The first-order chi connectivity index (χ1) is 10.1. The molecule has 2 rings (SSSR count). The van der Waals surface area contributed by atoms with E-state index in [1.165, 1.54) is 0 Å². The summed E-state index contributed by atoms with van der Waals surface area (Å²) in [5, 5.41) is 3.11. The molecule has 116 valence electrons. The third-order valence-corrected chi connectivity index (χ3v) is 4.52. The Balaban J connectivity index is 2.08. The Kier molecular flexibility index (Phi) is 5.23. The molecule has 1 fully saturated rings. The lowest BCUT2D eigenvalue weighted by molar-refractivity contribution is 0.0777. The maximum Gasteiger partial charge on any atom is 0.254 e. The van der Waals surface area contributed by atoms with Crippen molar-refractivity contribution in [1.29, 1.82) is 0 Å². The highest BCUT2D eigenvalue weighted by molar-refractivity contribution is 5.96. The van der Waals surface area contributed by atoms with Crippen molar-refractivity contribution in [3.8, 4) is 0 Å². The Labute approximate surface area is 128 Å². The van der Waals surface area contributed by atoms with Gasteiger partial charge < -0.3 is 10.2 Å². The summed E-state index contributed by atoms with van der Waals surface area (Å²) < 4.78 is 0. The van der Waals surface area contributed by atoms with Crippen molar-refractivity contribution in [2.45, 2.75) is 33.2 Å². The van der Waals surface area contributed by atoms with E-state index in [4.69, 9.17) is 0 Å². The van der Waals surface area contributed by atoms with Gasteiger partial charge in [0.05, 0.1) is 0 Å². The highest BCUT2D eigenvalue weighted by Crippen LogP contribution is 2.21. The zero-order chi connectivity index (χ0) is 15.4. The molecule has 0 aliphatic carbocycles. The molecule has 0 saturated carbocycles. The molecule has 0 bridgehead atoms. The number of nitrogens with zero attached hydrogens (tertiary/aromatic N) is 2. The number of likely N-dealkylation sites (tertiary alicyclic amines) is 1. The molecule has 1 aromatic carbocycles. The van der Waals surface area contributed by atoms with E-state index in [2.05, 4.69) is 24.1 Å². The van der Waals surface area contributed by atoms with Crippen molar-refractivity contribution in [3.63, 3.8) is 0 Å². The minimum absolute atomic E-state index is 0.171. The molecule has 1 saturated heterocycles. The van der Waals surface area contributed by atoms with Crippen LogP contribution in [0.4, 0.5) is 5.69 Å². The van der Waals surface area contributed by atoms with Gasteiger partial charge in [0.15, 0.2) is 0 Å². The maximum atomic E-state index is 12.7. The predicted molar refractivity (Wildman–Crippen MR) is 88.0 cm³/mol. The molecule has 1 aliphatic heterocycles. The van der Waals surface area contributed by atoms with E-state index in [1.54, 1.807) is 0 Å². The Morgan fingerprint density at radius 1 is 1.38 bits per heavy atom. The van der Waals surface area contributed by atoms with Crippen molar-refractivity contribution in [1.82, 2.24) is 9.80 Å². The van der Waals surface area contributed by atoms with Gasteiger partial charge in [-0.3, -0.25) is 9.69 Å². The quantitative estimate of drug-likeness (QED) is 0.905. The molecule has 1 heterocycles. The lowest BCUT2D eigenvalue weighted by Gasteiger charge is -2.26. The van der Waals surface area contributed by atoms with E-state index >= 15 is 0 Å². The molecule has 0 radical (unpaired) electrons. The number of anilines is 1. The van der Waals surface area contributed by atoms with Crippen LogP contribution in [0.1, 0.15) is 36.2 Å². The smallest absolute Gasteiger partial charge is 0.254 e. The first-order valence-corrected chi connectivity index (χ1v) is 7.92. The van der Waals surface area contributed by atoms with Crippen LogP contribution in [-0.4, -0.2) is 55.0 Å². The van der Waals surface area contributed by atoms with E-state index in [1.807, 2.05) is 37.1 Å². The van der Waals surface area contributed by atoms with E-state index in [9.17, 15) is 4.79 Å². The van der Waals surface area contributed by atoms with Crippen LogP contribution in [0.2, 0.25) is 0 Å². The van der Waals surface area contributed by atoms with Crippen molar-refractivity contribution in [2.75, 3.05) is 38.5 Å². The minimum atomic E-state index is 0.171. The number of amides is 1. The average molecular weight is 289 g/mol. The fourth-order valence-corrected chi connectivity index (χ4v) is 3.19. The van der Waals surface area contributed by atoms with Crippen LogP contribution in [0, 0.1) is 6.92 Å². The zero-order valence-corrected chi connectivity index (χ0v) is 13.6. The van der Waals surface area contributed by atoms with Crippen molar-refractivity contribution < 1.29 is 4.79 Å². The van der Waals surface area contributed by atoms with Crippen molar-refractivity contribution >= 4 is 11.6 Å². The molecule has 1 N–H and O–H groups in total. The molecular weight excluding hydrogens is 262 g/mol. The van der Waals surface area contributed by atoms with Gasteiger partial charge >= 0.3 is 0 Å². The van der Waals surface area contributed by atoms with E-state index < -0.39 is 0 Å². The molecule has 0 spiro atoms. The van der Waals surface area contributed by atoms with Crippen LogP contribution < -0.4 is 5.32 Å². The monoisotopic (exact) mass is 289 g/mol. The SMILES string of the molecule is CCN(CC)C1CCN(C(=O)c2ccc(NC)cc2C)C1. The highest BCUT2D eigenvalue weighted by Gasteiger charge is 2.30. The lowest BCUT2D eigenvalue weighted by atomic mass is 10.1. The molecule has 1 amide bonds. The van der Waals surface area contributed by atoms with Crippen LogP contribution in [-0.2, 0) is 0 Å². The minimum Gasteiger partial charge on any atom is -0.388 e. The van der Waals surface area contributed by atoms with Gasteiger partial charge in [-0.25, -0.2) is 0 Å². The topological polar surface area (TPSA) is 35.6 Å². The highest BCUT2D eigenvalue weighted by atomic mass is 16.2. The molecule has 0 aromatic heterocycles. The Hall–Kier alpha value is -1.55. The molecule has 4 nitrogen and oxygen atoms in total. The Bertz CT molecular complexity index is 497. The fourth-order valence-electron chi connectivity index (χ4n) is 3.19. The van der Waals surface area contributed by atoms with Crippen LogP contribution in [0.25, 0.3) is 0 Å². The summed E-state index contributed by atoms with van der Waals surface area (Å²) in [7, 11) is 1.89. The number of benzene rings is 1. The molecule has 1 unspecified atom stereocenters. The van der Waals surface area contributed by atoms with Crippen LogP contribution in [0.3, 0.4) is 0 Å². The number of hydrogen-bond donors (Lipinski definition) is 1. The molecular formula is C17H27N3O. The van der Waals surface area contributed by atoms with Crippen molar-refractivity contribution in [3.05, 3.63) is 29.3 Å². The standard InChI is InChI=1S/C17H27N3O/c1-5-19(6-2)15-9-10-20(12-15)17(21)16-8-7-14(18-4)11-13(16)3/h7-8,11,15,18H,5-6,9-10,12H2,1-4H3. The fraction of sp³-hybridized carbons (Fsp3) is 0.588. The maximum absolute atomic E-state index is 12.7. The van der Waals surface area contributed by atoms with E-state index in [0.29, 0.717) is 6.04 Å². The second-order valence-corrected chi connectivity index (χ2v) is 5.69. The van der Waals surface area contributed by atoms with E-state index in [-0.39, 0.29) is 5.91 Å². The summed E-state index contributed by atoms with van der Waals surface area (Å²) in [6.45, 7) is 10.2. The lowest BCUT2D eigenvalue weighted by Crippen LogP contribution is -2.38. The Morgan fingerprint density at radius 3 is 2.67 bits per heavy atom. The van der Waals surface area contributed by atoms with Gasteiger partial charge in [-0.15, -0.1) is 0 Å². The summed E-state index contributed by atoms with van der Waals surface area (Å²) in [5.41, 5.74) is 2.92. The van der Waals surface area contributed by atoms with Crippen molar-refractivity contribution in [2.24, 2.45) is 0 Å². The summed E-state index contributed by atoms with van der Waals surface area (Å²) in [6, 6.07) is 6.46.